The first-order chi connectivity index (χ1) is 12.1. The number of aryl methyl sites for hydroxylation is 1. The maximum absolute atomic E-state index is 12.6. The maximum atomic E-state index is 12.6. The molecule has 8 heteroatoms. The molecule has 0 aromatic carbocycles. The molecular weight excluding hydrogens is 338 g/mol. The number of rotatable bonds is 2. The number of likely N-dealkylation sites (tertiary alicyclic amines) is 1. The van der Waals surface area contributed by atoms with Crippen molar-refractivity contribution in [2.75, 3.05) is 25.4 Å². The van der Waals surface area contributed by atoms with Crippen LogP contribution >= 0.6 is 11.3 Å². The molecule has 0 atom stereocenters. The minimum absolute atomic E-state index is 0.124. The van der Waals surface area contributed by atoms with E-state index >= 15 is 0 Å². The predicted molar refractivity (Wildman–Crippen MR) is 94.1 cm³/mol. The van der Waals surface area contributed by atoms with Crippen molar-refractivity contribution in [2.24, 2.45) is 0 Å². The Bertz CT molecular complexity index is 798. The van der Waals surface area contributed by atoms with Gasteiger partial charge in [0.05, 0.1) is 29.4 Å². The summed E-state index contributed by atoms with van der Waals surface area (Å²) in [5, 5.41) is 2.95. The summed E-state index contributed by atoms with van der Waals surface area (Å²) in [4.78, 5) is 27.4. The van der Waals surface area contributed by atoms with Crippen molar-refractivity contribution in [3.63, 3.8) is 0 Å². The highest BCUT2D eigenvalue weighted by Gasteiger charge is 2.43. The van der Waals surface area contributed by atoms with E-state index in [0.717, 1.165) is 41.2 Å². The Morgan fingerprint density at radius 3 is 2.92 bits per heavy atom. The lowest BCUT2D eigenvalue weighted by Crippen LogP contribution is -2.49. The number of amides is 1. The van der Waals surface area contributed by atoms with Gasteiger partial charge in [0.15, 0.2) is 0 Å². The smallest absolute Gasteiger partial charge is 0.228 e. The molecule has 132 valence electrons. The summed E-state index contributed by atoms with van der Waals surface area (Å²) in [6.45, 7) is 3.93. The monoisotopic (exact) mass is 359 g/mol. The van der Waals surface area contributed by atoms with Crippen LogP contribution in [-0.4, -0.2) is 45.5 Å². The molecule has 1 amide bonds. The number of ether oxygens (including phenoxy) is 1. The Labute approximate surface area is 150 Å². The summed E-state index contributed by atoms with van der Waals surface area (Å²) in [6.07, 6.45) is 4.45. The van der Waals surface area contributed by atoms with Crippen LogP contribution in [0.4, 0.5) is 5.95 Å². The lowest BCUT2D eigenvalue weighted by atomic mass is 9.83. The molecular formula is C17H21N5O2S. The molecule has 2 aromatic rings. The van der Waals surface area contributed by atoms with Crippen LogP contribution in [0.1, 0.15) is 34.8 Å². The molecule has 1 spiro atoms. The zero-order valence-electron chi connectivity index (χ0n) is 14.2. The third-order valence-electron chi connectivity index (χ3n) is 4.99. The number of hydrogen-bond donors (Lipinski definition) is 1. The van der Waals surface area contributed by atoms with E-state index in [1.54, 1.807) is 11.3 Å². The van der Waals surface area contributed by atoms with Crippen LogP contribution in [0.3, 0.4) is 0 Å². The van der Waals surface area contributed by atoms with Crippen molar-refractivity contribution in [3.8, 4) is 0 Å². The van der Waals surface area contributed by atoms with E-state index in [2.05, 4.69) is 15.0 Å². The van der Waals surface area contributed by atoms with Gasteiger partial charge in [-0.25, -0.2) is 15.0 Å². The number of hydrogen-bond acceptors (Lipinski definition) is 7. The van der Waals surface area contributed by atoms with Crippen LogP contribution in [0.2, 0.25) is 0 Å². The Morgan fingerprint density at radius 2 is 2.20 bits per heavy atom. The molecule has 2 aliphatic rings. The van der Waals surface area contributed by atoms with Crippen molar-refractivity contribution in [1.29, 1.82) is 0 Å². The Kier molecular flexibility index (Phi) is 4.16. The van der Waals surface area contributed by atoms with Gasteiger partial charge in [-0.2, -0.15) is 0 Å². The largest absolute Gasteiger partial charge is 0.368 e. The molecule has 0 radical (unpaired) electrons. The quantitative estimate of drug-likeness (QED) is 0.872. The first kappa shape index (κ1) is 16.4. The number of carbonyl (C=O) groups is 1. The van der Waals surface area contributed by atoms with Crippen LogP contribution in [0.5, 0.6) is 0 Å². The number of thiazole rings is 1. The average Bonchev–Trinajstić information content (AvgIpc) is 3.01. The van der Waals surface area contributed by atoms with Crippen molar-refractivity contribution in [1.82, 2.24) is 19.9 Å². The summed E-state index contributed by atoms with van der Waals surface area (Å²) < 4.78 is 6.14. The molecule has 1 fully saturated rings. The van der Waals surface area contributed by atoms with Gasteiger partial charge >= 0.3 is 0 Å². The van der Waals surface area contributed by atoms with Gasteiger partial charge in [0, 0.05) is 24.7 Å². The molecule has 7 nitrogen and oxygen atoms in total. The van der Waals surface area contributed by atoms with Crippen LogP contribution in [0, 0.1) is 6.92 Å². The first-order valence-corrected chi connectivity index (χ1v) is 9.38. The van der Waals surface area contributed by atoms with Crippen LogP contribution < -0.4 is 5.73 Å². The minimum atomic E-state index is -0.432. The highest BCUT2D eigenvalue weighted by molar-refractivity contribution is 7.09. The first-order valence-electron chi connectivity index (χ1n) is 8.50. The number of anilines is 1. The molecule has 0 unspecified atom stereocenters. The summed E-state index contributed by atoms with van der Waals surface area (Å²) in [7, 11) is 0. The fourth-order valence-corrected chi connectivity index (χ4v) is 4.29. The van der Waals surface area contributed by atoms with Gasteiger partial charge in [-0.15, -0.1) is 11.3 Å². The number of nitrogen functional groups attached to an aromatic ring is 1. The van der Waals surface area contributed by atoms with E-state index in [-0.39, 0.29) is 11.9 Å². The van der Waals surface area contributed by atoms with E-state index in [1.807, 2.05) is 23.4 Å². The molecule has 2 aliphatic heterocycles. The van der Waals surface area contributed by atoms with E-state index in [1.165, 1.54) is 0 Å². The molecule has 4 heterocycles. The summed E-state index contributed by atoms with van der Waals surface area (Å²) in [5.74, 6) is 0.402. The molecule has 4 rings (SSSR count). The summed E-state index contributed by atoms with van der Waals surface area (Å²) in [6, 6.07) is 0. The second-order valence-corrected chi connectivity index (χ2v) is 7.67. The van der Waals surface area contributed by atoms with Crippen LogP contribution in [-0.2, 0) is 28.0 Å². The molecule has 0 saturated carbocycles. The van der Waals surface area contributed by atoms with Gasteiger partial charge in [0.1, 0.15) is 5.60 Å². The average molecular weight is 359 g/mol. The molecule has 0 aliphatic carbocycles. The summed E-state index contributed by atoms with van der Waals surface area (Å²) in [5.41, 5.74) is 8.23. The number of aromatic nitrogens is 3. The second-order valence-electron chi connectivity index (χ2n) is 6.61. The standard InChI is InChI=1S/C17H21N5O2S/c1-11-20-13(10-25-11)8-14(23)22-5-3-17(4-6-22)15-12(2-7-24-17)9-19-16(18)21-15/h9-10H,2-8H2,1H3,(H2,18,19,21). The maximum Gasteiger partial charge on any atom is 0.228 e. The third kappa shape index (κ3) is 3.11. The normalized spacial score (nSPS) is 19.0. The fourth-order valence-electron chi connectivity index (χ4n) is 3.68. The number of carbonyl (C=O) groups excluding carboxylic acids is 1. The Hall–Kier alpha value is -2.06. The second kappa shape index (κ2) is 6.34. The van der Waals surface area contributed by atoms with Gasteiger partial charge in [-0.05, 0) is 31.7 Å². The zero-order chi connectivity index (χ0) is 17.4. The lowest BCUT2D eigenvalue weighted by Gasteiger charge is -2.44. The van der Waals surface area contributed by atoms with Gasteiger partial charge in [0.2, 0.25) is 11.9 Å². The SMILES string of the molecule is Cc1nc(CC(=O)N2CCC3(CC2)OCCc2cnc(N)nc23)cs1. The molecule has 1 saturated heterocycles. The van der Waals surface area contributed by atoms with Crippen LogP contribution in [0.25, 0.3) is 0 Å². The third-order valence-corrected chi connectivity index (χ3v) is 5.81. The van der Waals surface area contributed by atoms with E-state index in [0.29, 0.717) is 26.1 Å². The van der Waals surface area contributed by atoms with Crippen molar-refractivity contribution in [2.45, 2.75) is 38.2 Å². The van der Waals surface area contributed by atoms with Crippen molar-refractivity contribution < 1.29 is 9.53 Å². The Balaban J connectivity index is 1.47. The highest BCUT2D eigenvalue weighted by Crippen LogP contribution is 2.40. The number of nitrogens with zero attached hydrogens (tertiary/aromatic N) is 4. The van der Waals surface area contributed by atoms with Crippen molar-refractivity contribution in [3.05, 3.63) is 33.5 Å². The fraction of sp³-hybridized carbons (Fsp3) is 0.529. The topological polar surface area (TPSA) is 94.2 Å². The van der Waals surface area contributed by atoms with E-state index in [4.69, 9.17) is 10.5 Å². The van der Waals surface area contributed by atoms with Gasteiger partial charge < -0.3 is 15.4 Å². The number of piperidine rings is 1. The lowest BCUT2D eigenvalue weighted by molar-refractivity contribution is -0.140. The number of nitrogens with two attached hydrogens (primary N) is 1. The van der Waals surface area contributed by atoms with Crippen molar-refractivity contribution >= 4 is 23.2 Å². The van der Waals surface area contributed by atoms with Gasteiger partial charge in [-0.3, -0.25) is 4.79 Å². The van der Waals surface area contributed by atoms with Gasteiger partial charge in [0.25, 0.3) is 0 Å². The molecule has 2 N–H and O–H groups in total. The summed E-state index contributed by atoms with van der Waals surface area (Å²) >= 11 is 1.58. The Morgan fingerprint density at radius 1 is 1.40 bits per heavy atom. The molecule has 2 aromatic heterocycles. The number of fused-ring (bicyclic) bond motifs is 2. The zero-order valence-corrected chi connectivity index (χ0v) is 15.0. The van der Waals surface area contributed by atoms with Gasteiger partial charge in [-0.1, -0.05) is 0 Å². The minimum Gasteiger partial charge on any atom is -0.368 e. The van der Waals surface area contributed by atoms with Crippen LogP contribution in [0.15, 0.2) is 11.6 Å². The molecule has 0 bridgehead atoms. The molecule has 25 heavy (non-hydrogen) atoms. The highest BCUT2D eigenvalue weighted by atomic mass is 32.1. The van der Waals surface area contributed by atoms with E-state index in [9.17, 15) is 4.79 Å². The van der Waals surface area contributed by atoms with E-state index < -0.39 is 5.60 Å². The predicted octanol–water partition coefficient (Wildman–Crippen LogP) is 1.46.